The second kappa shape index (κ2) is 9.57. The molecular weight excluding hydrogens is 476 g/mol. The van der Waals surface area contributed by atoms with Crippen LogP contribution in [0.2, 0.25) is 5.02 Å². The van der Waals surface area contributed by atoms with E-state index in [4.69, 9.17) is 11.6 Å². The number of carboxylic acids is 1. The lowest BCUT2D eigenvalue weighted by Gasteiger charge is -2.31. The summed E-state index contributed by atoms with van der Waals surface area (Å²) in [6, 6.07) is 6.37. The average Bonchev–Trinajstić information content (AvgIpc) is 3.17. The Morgan fingerprint density at radius 1 is 1.14 bits per heavy atom. The van der Waals surface area contributed by atoms with Gasteiger partial charge in [0.2, 0.25) is 5.91 Å². The van der Waals surface area contributed by atoms with Crippen molar-refractivity contribution in [1.29, 1.82) is 0 Å². The second-order valence-electron chi connectivity index (χ2n) is 9.55. The third-order valence-electron chi connectivity index (χ3n) is 7.47. The molecular formula is C26H26ClF2N3O3. The molecule has 1 aliphatic carbocycles. The fourth-order valence-corrected chi connectivity index (χ4v) is 5.68. The van der Waals surface area contributed by atoms with E-state index in [0.717, 1.165) is 35.6 Å². The highest BCUT2D eigenvalue weighted by Gasteiger charge is 2.31. The fraction of sp³-hybridized carbons (Fsp3) is 0.423. The summed E-state index contributed by atoms with van der Waals surface area (Å²) < 4.78 is 30.3. The number of amides is 1. The van der Waals surface area contributed by atoms with Crippen LogP contribution in [0.1, 0.15) is 48.9 Å². The third-order valence-corrected chi connectivity index (χ3v) is 7.82. The number of carboxylic acid groups (broad SMARTS) is 1. The normalized spacial score (nSPS) is 20.1. The summed E-state index contributed by atoms with van der Waals surface area (Å²) in [5.74, 6) is -2.41. The van der Waals surface area contributed by atoms with Gasteiger partial charge in [0.05, 0.1) is 19.0 Å². The zero-order chi connectivity index (χ0) is 24.7. The minimum atomic E-state index is -0.806. The number of hydrogen-bond donors (Lipinski definition) is 1. The van der Waals surface area contributed by atoms with Crippen molar-refractivity contribution in [3.8, 4) is 0 Å². The highest BCUT2D eigenvalue weighted by Crippen LogP contribution is 2.34. The molecule has 0 saturated heterocycles. The summed E-state index contributed by atoms with van der Waals surface area (Å²) in [4.78, 5) is 30.7. The van der Waals surface area contributed by atoms with E-state index in [1.165, 1.54) is 6.07 Å². The molecule has 1 fully saturated rings. The molecule has 2 aliphatic rings. The molecule has 9 heteroatoms. The lowest BCUT2D eigenvalue weighted by molar-refractivity contribution is -0.143. The average molecular weight is 502 g/mol. The van der Waals surface area contributed by atoms with Crippen LogP contribution in [0.25, 0.3) is 11.0 Å². The van der Waals surface area contributed by atoms with Crippen LogP contribution in [0.5, 0.6) is 0 Å². The van der Waals surface area contributed by atoms with E-state index in [1.54, 1.807) is 6.20 Å². The second-order valence-corrected chi connectivity index (χ2v) is 9.92. The first-order chi connectivity index (χ1) is 16.8. The minimum Gasteiger partial charge on any atom is -0.481 e. The van der Waals surface area contributed by atoms with Gasteiger partial charge in [-0.25, -0.2) is 13.8 Å². The van der Waals surface area contributed by atoms with Crippen molar-refractivity contribution in [2.75, 3.05) is 6.54 Å². The van der Waals surface area contributed by atoms with Crippen LogP contribution in [-0.4, -0.2) is 38.0 Å². The maximum absolute atomic E-state index is 14.7. The van der Waals surface area contributed by atoms with Gasteiger partial charge in [-0.2, -0.15) is 0 Å². The number of hydrogen-bond acceptors (Lipinski definition) is 3. The van der Waals surface area contributed by atoms with Crippen molar-refractivity contribution >= 4 is 34.5 Å². The summed E-state index contributed by atoms with van der Waals surface area (Å²) in [5.41, 5.74) is 2.93. The van der Waals surface area contributed by atoms with Crippen LogP contribution in [0.4, 0.5) is 8.78 Å². The quantitative estimate of drug-likeness (QED) is 0.489. The number of aliphatic carboxylic acids is 1. The van der Waals surface area contributed by atoms with Gasteiger partial charge < -0.3 is 14.6 Å². The lowest BCUT2D eigenvalue weighted by atomic mass is 9.80. The Kier molecular flexibility index (Phi) is 6.49. The number of rotatable bonds is 5. The van der Waals surface area contributed by atoms with E-state index in [0.29, 0.717) is 44.4 Å². The van der Waals surface area contributed by atoms with Gasteiger partial charge in [0, 0.05) is 35.8 Å². The van der Waals surface area contributed by atoms with Crippen molar-refractivity contribution < 1.29 is 23.5 Å². The van der Waals surface area contributed by atoms with Crippen molar-refractivity contribution in [3.63, 3.8) is 0 Å². The first-order valence-electron chi connectivity index (χ1n) is 11.9. The van der Waals surface area contributed by atoms with Gasteiger partial charge in [0.15, 0.2) is 0 Å². The zero-order valence-corrected chi connectivity index (χ0v) is 19.9. The predicted octanol–water partition coefficient (Wildman–Crippen LogP) is 5.18. The van der Waals surface area contributed by atoms with Gasteiger partial charge in [-0.05, 0) is 61.8 Å². The minimum absolute atomic E-state index is 0.0511. The van der Waals surface area contributed by atoms with Crippen LogP contribution in [0.3, 0.4) is 0 Å². The lowest BCUT2D eigenvalue weighted by Crippen LogP contribution is -2.38. The summed E-state index contributed by atoms with van der Waals surface area (Å²) in [7, 11) is 0. The van der Waals surface area contributed by atoms with Gasteiger partial charge in [-0.15, -0.1) is 0 Å². The third kappa shape index (κ3) is 4.51. The Balaban J connectivity index is 1.39. The first-order valence-corrected chi connectivity index (χ1v) is 12.3. The molecule has 3 aromatic rings. The van der Waals surface area contributed by atoms with Crippen molar-refractivity contribution in [1.82, 2.24) is 14.5 Å². The molecule has 1 saturated carbocycles. The van der Waals surface area contributed by atoms with Crippen molar-refractivity contribution in [2.24, 2.45) is 11.8 Å². The van der Waals surface area contributed by atoms with E-state index in [-0.39, 0.29) is 29.9 Å². The zero-order valence-electron chi connectivity index (χ0n) is 19.1. The SMILES string of the molecule is O=C(C[C@H]1CC[C@@H](C(=O)O)CC1)N1CCc2c(n(Cc3ccc(F)c(Cl)c3F)c3ncccc23)C1. The van der Waals surface area contributed by atoms with E-state index in [2.05, 4.69) is 4.98 Å². The molecule has 1 amide bonds. The van der Waals surface area contributed by atoms with E-state index in [1.807, 2.05) is 21.6 Å². The van der Waals surface area contributed by atoms with Crippen LogP contribution in [-0.2, 0) is 29.1 Å². The predicted molar refractivity (Wildman–Crippen MR) is 127 cm³/mol. The molecule has 35 heavy (non-hydrogen) atoms. The summed E-state index contributed by atoms with van der Waals surface area (Å²) in [6.45, 7) is 1.09. The molecule has 1 aromatic carbocycles. The number of fused-ring (bicyclic) bond motifs is 3. The maximum atomic E-state index is 14.7. The number of benzene rings is 1. The Bertz CT molecular complexity index is 1300. The molecule has 0 unspecified atom stereocenters. The van der Waals surface area contributed by atoms with Crippen LogP contribution >= 0.6 is 11.6 Å². The summed E-state index contributed by atoms with van der Waals surface area (Å²) in [5, 5.41) is 9.64. The molecule has 0 atom stereocenters. The van der Waals surface area contributed by atoms with E-state index >= 15 is 0 Å². The highest BCUT2D eigenvalue weighted by atomic mass is 35.5. The molecule has 6 nitrogen and oxygen atoms in total. The Morgan fingerprint density at radius 3 is 2.66 bits per heavy atom. The molecule has 1 aliphatic heterocycles. The molecule has 5 rings (SSSR count). The van der Waals surface area contributed by atoms with Gasteiger partial charge in [-0.1, -0.05) is 17.7 Å². The van der Waals surface area contributed by atoms with Crippen LogP contribution < -0.4 is 0 Å². The molecule has 184 valence electrons. The largest absolute Gasteiger partial charge is 0.481 e. The maximum Gasteiger partial charge on any atom is 0.306 e. The number of carbonyl (C=O) groups is 2. The Labute approximate surface area is 206 Å². The van der Waals surface area contributed by atoms with Crippen LogP contribution in [0.15, 0.2) is 30.5 Å². The number of halogens is 3. The number of pyridine rings is 1. The highest BCUT2D eigenvalue weighted by molar-refractivity contribution is 6.30. The van der Waals surface area contributed by atoms with Gasteiger partial charge in [0.25, 0.3) is 0 Å². The van der Waals surface area contributed by atoms with Gasteiger partial charge in [0.1, 0.15) is 22.3 Å². The van der Waals surface area contributed by atoms with Crippen molar-refractivity contribution in [2.45, 2.75) is 51.6 Å². The van der Waals surface area contributed by atoms with Gasteiger partial charge >= 0.3 is 5.97 Å². The Hall–Kier alpha value is -3.00. The Morgan fingerprint density at radius 2 is 1.91 bits per heavy atom. The molecule has 1 N–H and O–H groups in total. The number of nitrogens with zero attached hydrogens (tertiary/aromatic N) is 3. The first kappa shape index (κ1) is 23.7. The van der Waals surface area contributed by atoms with E-state index in [9.17, 15) is 23.5 Å². The van der Waals surface area contributed by atoms with Gasteiger partial charge in [-0.3, -0.25) is 9.59 Å². The molecule has 0 radical (unpaired) electrons. The van der Waals surface area contributed by atoms with Crippen LogP contribution in [0, 0.1) is 23.5 Å². The fourth-order valence-electron chi connectivity index (χ4n) is 5.49. The standard InChI is InChI=1S/C26H26ClF2N3O3/c27-23-20(28)8-7-17(24(23)29)13-32-21-14-31(11-9-18(21)19-2-1-10-30-25(19)32)22(33)12-15-3-5-16(6-4-15)26(34)35/h1-2,7-8,10,15-16H,3-6,9,11-14H2,(H,34,35)/t15-,16+. The summed E-state index contributed by atoms with van der Waals surface area (Å²) in [6.07, 6.45) is 5.46. The smallest absolute Gasteiger partial charge is 0.306 e. The van der Waals surface area contributed by atoms with Crippen molar-refractivity contribution in [3.05, 3.63) is 63.9 Å². The number of carbonyl (C=O) groups excluding carboxylic acids is 1. The number of aromatic nitrogens is 2. The molecule has 2 aromatic heterocycles. The molecule has 0 bridgehead atoms. The monoisotopic (exact) mass is 501 g/mol. The summed E-state index contributed by atoms with van der Waals surface area (Å²) >= 11 is 5.81. The van der Waals surface area contributed by atoms with E-state index < -0.39 is 22.6 Å². The molecule has 0 spiro atoms. The topological polar surface area (TPSA) is 75.4 Å². The molecule has 3 heterocycles.